The second-order valence-corrected chi connectivity index (χ2v) is 11.9. The third-order valence-corrected chi connectivity index (χ3v) is 7.95. The van der Waals surface area contributed by atoms with Gasteiger partial charge in [-0.2, -0.15) is 0 Å². The molecule has 194 valence electrons. The molecule has 1 fully saturated rings. The Hall–Kier alpha value is -2.35. The fourth-order valence-electron chi connectivity index (χ4n) is 5.08. The van der Waals surface area contributed by atoms with E-state index in [1.165, 1.54) is 23.3 Å². The maximum absolute atomic E-state index is 13.5. The Balaban J connectivity index is 1.45. The largest absolute Gasteiger partial charge is 0.392 e. The summed E-state index contributed by atoms with van der Waals surface area (Å²) in [6.07, 6.45) is 5.91. The van der Waals surface area contributed by atoms with E-state index in [4.69, 9.17) is 0 Å². The van der Waals surface area contributed by atoms with Crippen LogP contribution in [0.4, 0.5) is 13.9 Å². The number of hydrogen-bond donors (Lipinski definition) is 3. The molecule has 1 unspecified atom stereocenters. The first-order valence-electron chi connectivity index (χ1n) is 12.8. The molecule has 3 N–H and O–H groups in total. The zero-order chi connectivity index (χ0) is 25.8. The quantitative estimate of drug-likeness (QED) is 0.304. The first-order chi connectivity index (χ1) is 17.1. The van der Waals surface area contributed by atoms with Crippen molar-refractivity contribution in [2.45, 2.75) is 82.4 Å². The summed E-state index contributed by atoms with van der Waals surface area (Å²) in [6, 6.07) is 12.7. The minimum absolute atomic E-state index is 0.0422. The summed E-state index contributed by atoms with van der Waals surface area (Å²) in [5, 5.41) is 21.0. The fourth-order valence-corrected chi connectivity index (χ4v) is 5.69. The van der Waals surface area contributed by atoms with Crippen LogP contribution >= 0.6 is 11.3 Å². The van der Waals surface area contributed by atoms with Crippen LogP contribution < -0.4 is 10.6 Å². The lowest BCUT2D eigenvalue weighted by Crippen LogP contribution is -2.49. The van der Waals surface area contributed by atoms with Crippen LogP contribution in [0.3, 0.4) is 0 Å². The molecule has 1 saturated carbocycles. The Bertz CT molecular complexity index is 1100. The number of benzene rings is 2. The molecule has 1 atom stereocenters. The molecular weight excluding hydrogens is 476 g/mol. The van der Waals surface area contributed by atoms with Gasteiger partial charge in [-0.3, -0.25) is 0 Å². The van der Waals surface area contributed by atoms with Gasteiger partial charge in [-0.15, -0.1) is 11.3 Å². The number of aryl methyl sites for hydroxylation is 1. The third kappa shape index (κ3) is 6.90. The lowest BCUT2D eigenvalue weighted by atomic mass is 9.73. The van der Waals surface area contributed by atoms with Crippen molar-refractivity contribution in [3.63, 3.8) is 0 Å². The number of anilines is 1. The van der Waals surface area contributed by atoms with Crippen LogP contribution in [-0.4, -0.2) is 28.8 Å². The topological polar surface area (TPSA) is 57.2 Å². The number of nitrogens with zero attached hydrogens (tertiary/aromatic N) is 1. The molecule has 4 rings (SSSR count). The van der Waals surface area contributed by atoms with Gasteiger partial charge < -0.3 is 15.7 Å². The molecule has 3 aromatic rings. The van der Waals surface area contributed by atoms with E-state index < -0.39 is 17.7 Å². The van der Waals surface area contributed by atoms with E-state index in [1.807, 2.05) is 11.6 Å². The van der Waals surface area contributed by atoms with Crippen molar-refractivity contribution < 1.29 is 13.9 Å². The summed E-state index contributed by atoms with van der Waals surface area (Å²) in [7, 11) is 0. The molecule has 1 heterocycles. The molecule has 0 amide bonds. The molecule has 1 aliphatic carbocycles. The van der Waals surface area contributed by atoms with Gasteiger partial charge in [0.25, 0.3) is 0 Å². The van der Waals surface area contributed by atoms with Gasteiger partial charge in [0.05, 0.1) is 6.10 Å². The minimum Gasteiger partial charge on any atom is -0.392 e. The standard InChI is InChI=1S/C29H37F2N3OS/c1-28(2,3)21-5-4-6-22(17-21)29(11-9-25(10-12-29)34-27-32-13-14-36-27)33-19-26(35)8-7-20-15-23(30)18-24(31)16-20/h4-6,13-18,25-26,33,35H,7-12,19H2,1-3H3,(H,32,34). The molecular formula is C29H37F2N3OS. The molecule has 36 heavy (non-hydrogen) atoms. The van der Waals surface area contributed by atoms with Gasteiger partial charge in [-0.05, 0) is 72.8 Å². The predicted octanol–water partition coefficient (Wildman–Crippen LogP) is 6.55. The number of nitrogens with one attached hydrogen (secondary N) is 2. The molecule has 0 radical (unpaired) electrons. The van der Waals surface area contributed by atoms with Crippen molar-refractivity contribution in [1.82, 2.24) is 10.3 Å². The van der Waals surface area contributed by atoms with Gasteiger partial charge in [-0.25, -0.2) is 13.8 Å². The van der Waals surface area contributed by atoms with Gasteiger partial charge >= 0.3 is 0 Å². The van der Waals surface area contributed by atoms with Crippen LogP contribution in [-0.2, 0) is 17.4 Å². The van der Waals surface area contributed by atoms with Gasteiger partial charge in [0.1, 0.15) is 11.6 Å². The number of aliphatic hydroxyl groups excluding tert-OH is 1. The number of halogens is 2. The normalized spacial score (nSPS) is 21.3. The second kappa shape index (κ2) is 11.4. The smallest absolute Gasteiger partial charge is 0.182 e. The highest BCUT2D eigenvalue weighted by atomic mass is 32.1. The summed E-state index contributed by atoms with van der Waals surface area (Å²) < 4.78 is 27.1. The van der Waals surface area contributed by atoms with E-state index in [-0.39, 0.29) is 11.0 Å². The van der Waals surface area contributed by atoms with E-state index in [9.17, 15) is 13.9 Å². The molecule has 0 bridgehead atoms. The third-order valence-electron chi connectivity index (χ3n) is 7.24. The maximum atomic E-state index is 13.5. The first-order valence-corrected chi connectivity index (χ1v) is 13.7. The highest BCUT2D eigenvalue weighted by Gasteiger charge is 2.37. The number of hydrogen-bond acceptors (Lipinski definition) is 5. The summed E-state index contributed by atoms with van der Waals surface area (Å²) in [6.45, 7) is 7.09. The van der Waals surface area contributed by atoms with Crippen molar-refractivity contribution >= 4 is 16.5 Å². The van der Waals surface area contributed by atoms with Crippen molar-refractivity contribution in [3.05, 3.63) is 82.4 Å². The second-order valence-electron chi connectivity index (χ2n) is 11.0. The molecule has 1 aliphatic rings. The lowest BCUT2D eigenvalue weighted by molar-refractivity contribution is 0.130. The molecule has 4 nitrogen and oxygen atoms in total. The summed E-state index contributed by atoms with van der Waals surface area (Å²) >= 11 is 1.62. The molecule has 0 saturated heterocycles. The van der Waals surface area contributed by atoms with Crippen LogP contribution in [0.15, 0.2) is 54.0 Å². The van der Waals surface area contributed by atoms with Crippen LogP contribution in [0.1, 0.15) is 69.6 Å². The Morgan fingerprint density at radius 2 is 1.83 bits per heavy atom. The van der Waals surface area contributed by atoms with E-state index in [1.54, 1.807) is 11.3 Å². The number of thiazole rings is 1. The zero-order valence-electron chi connectivity index (χ0n) is 21.4. The molecule has 7 heteroatoms. The summed E-state index contributed by atoms with van der Waals surface area (Å²) in [5.74, 6) is -1.17. The van der Waals surface area contributed by atoms with Crippen molar-refractivity contribution in [2.75, 3.05) is 11.9 Å². The Labute approximate surface area is 217 Å². The van der Waals surface area contributed by atoms with E-state index in [0.29, 0.717) is 31.0 Å². The van der Waals surface area contributed by atoms with Crippen molar-refractivity contribution in [1.29, 1.82) is 0 Å². The van der Waals surface area contributed by atoms with Crippen molar-refractivity contribution in [2.24, 2.45) is 0 Å². The first kappa shape index (κ1) is 26.7. The monoisotopic (exact) mass is 513 g/mol. The van der Waals surface area contributed by atoms with E-state index in [2.05, 4.69) is 60.7 Å². The highest BCUT2D eigenvalue weighted by Crippen LogP contribution is 2.39. The lowest BCUT2D eigenvalue weighted by Gasteiger charge is -2.43. The maximum Gasteiger partial charge on any atom is 0.182 e. The zero-order valence-corrected chi connectivity index (χ0v) is 22.2. The van der Waals surface area contributed by atoms with Gasteiger partial charge in [0.15, 0.2) is 5.13 Å². The van der Waals surface area contributed by atoms with E-state index >= 15 is 0 Å². The minimum atomic E-state index is -0.620. The van der Waals surface area contributed by atoms with Crippen LogP contribution in [0, 0.1) is 11.6 Å². The predicted molar refractivity (Wildman–Crippen MR) is 144 cm³/mol. The van der Waals surface area contributed by atoms with Crippen LogP contribution in [0.25, 0.3) is 0 Å². The summed E-state index contributed by atoms with van der Waals surface area (Å²) in [5.41, 5.74) is 2.90. The van der Waals surface area contributed by atoms with Gasteiger partial charge in [-0.1, -0.05) is 45.0 Å². The average Bonchev–Trinajstić information content (AvgIpc) is 3.34. The van der Waals surface area contributed by atoms with Crippen molar-refractivity contribution in [3.8, 4) is 0 Å². The molecule has 1 aromatic heterocycles. The SMILES string of the molecule is CC(C)(C)c1cccc(C2(NCC(O)CCc3cc(F)cc(F)c3)CCC(Nc3nccs3)CC2)c1. The fraction of sp³-hybridized carbons (Fsp3) is 0.483. The number of rotatable bonds is 9. The van der Waals surface area contributed by atoms with E-state index in [0.717, 1.165) is 36.9 Å². The molecule has 2 aromatic carbocycles. The molecule has 0 spiro atoms. The Kier molecular flexibility index (Phi) is 8.43. The van der Waals surface area contributed by atoms with Gasteiger partial charge in [0, 0.05) is 35.8 Å². The number of aliphatic hydroxyl groups is 1. The average molecular weight is 514 g/mol. The Morgan fingerprint density at radius 1 is 1.11 bits per heavy atom. The van der Waals surface area contributed by atoms with Crippen LogP contribution in [0.5, 0.6) is 0 Å². The summed E-state index contributed by atoms with van der Waals surface area (Å²) in [4.78, 5) is 4.37. The molecule has 0 aliphatic heterocycles. The number of aromatic nitrogens is 1. The van der Waals surface area contributed by atoms with Crippen LogP contribution in [0.2, 0.25) is 0 Å². The highest BCUT2D eigenvalue weighted by molar-refractivity contribution is 7.13. The Morgan fingerprint density at radius 3 is 2.47 bits per heavy atom. The van der Waals surface area contributed by atoms with Gasteiger partial charge in [0.2, 0.25) is 0 Å².